The Balaban J connectivity index is 0.000000621. The molecule has 0 heterocycles. The van der Waals surface area contributed by atoms with Crippen molar-refractivity contribution in [1.82, 2.24) is 0 Å². The molecule has 1 aliphatic rings. The molecule has 20 heavy (non-hydrogen) atoms. The SMILES string of the molecule is O=CC1C(C=O)C(C=O)C(C=O)C1C=O.O=P(O)(O)O. The summed E-state index contributed by atoms with van der Waals surface area (Å²) >= 11 is 0. The van der Waals surface area contributed by atoms with Crippen LogP contribution in [-0.2, 0) is 28.5 Å². The first-order chi connectivity index (χ1) is 9.24. The number of phosphoric acid groups is 1. The second-order valence-electron chi connectivity index (χ2n) is 4.08. The Morgan fingerprint density at radius 3 is 0.700 bits per heavy atom. The molecule has 9 nitrogen and oxygen atoms in total. The van der Waals surface area contributed by atoms with Crippen molar-refractivity contribution in [3.8, 4) is 0 Å². The summed E-state index contributed by atoms with van der Waals surface area (Å²) < 4.78 is 8.88. The zero-order valence-corrected chi connectivity index (χ0v) is 10.9. The van der Waals surface area contributed by atoms with Crippen LogP contribution in [0.5, 0.6) is 0 Å². The maximum absolute atomic E-state index is 10.7. The summed E-state index contributed by atoms with van der Waals surface area (Å²) in [5.41, 5.74) is 0. The Morgan fingerprint density at radius 2 is 0.650 bits per heavy atom. The van der Waals surface area contributed by atoms with E-state index in [1.165, 1.54) is 0 Å². The van der Waals surface area contributed by atoms with Crippen molar-refractivity contribution in [2.45, 2.75) is 0 Å². The molecule has 0 saturated heterocycles. The van der Waals surface area contributed by atoms with Crippen molar-refractivity contribution in [1.29, 1.82) is 0 Å². The lowest BCUT2D eigenvalue weighted by Gasteiger charge is -2.10. The Labute approximate surface area is 113 Å². The van der Waals surface area contributed by atoms with Crippen LogP contribution in [0.25, 0.3) is 0 Å². The van der Waals surface area contributed by atoms with Gasteiger partial charge in [0.05, 0.1) is 0 Å². The van der Waals surface area contributed by atoms with Crippen LogP contribution in [0, 0.1) is 29.6 Å². The minimum atomic E-state index is -4.64. The largest absolute Gasteiger partial charge is 0.466 e. The van der Waals surface area contributed by atoms with E-state index in [1.807, 2.05) is 0 Å². The van der Waals surface area contributed by atoms with E-state index in [0.29, 0.717) is 31.4 Å². The fraction of sp³-hybridized carbons (Fsp3) is 0.500. The highest BCUT2D eigenvalue weighted by atomic mass is 31.2. The molecule has 1 aliphatic carbocycles. The highest BCUT2D eigenvalue weighted by Crippen LogP contribution is 2.41. The third-order valence-electron chi connectivity index (χ3n) is 3.01. The van der Waals surface area contributed by atoms with Gasteiger partial charge in [0.15, 0.2) is 0 Å². The molecule has 0 amide bonds. The predicted octanol–water partition coefficient (Wildman–Crippen LogP) is -1.85. The summed E-state index contributed by atoms with van der Waals surface area (Å²) in [6.07, 6.45) is 2.35. The Morgan fingerprint density at radius 1 is 0.550 bits per heavy atom. The third-order valence-corrected chi connectivity index (χ3v) is 3.01. The number of hydrogen-bond acceptors (Lipinski definition) is 6. The van der Waals surface area contributed by atoms with Crippen LogP contribution in [-0.4, -0.2) is 46.1 Å². The van der Waals surface area contributed by atoms with Gasteiger partial charge in [-0.05, 0) is 0 Å². The average molecular weight is 308 g/mol. The number of aldehydes is 5. The topological polar surface area (TPSA) is 163 Å². The van der Waals surface area contributed by atoms with Crippen molar-refractivity contribution < 1.29 is 43.2 Å². The van der Waals surface area contributed by atoms with Gasteiger partial charge in [0, 0.05) is 29.6 Å². The number of rotatable bonds is 5. The van der Waals surface area contributed by atoms with Crippen molar-refractivity contribution in [3.63, 3.8) is 0 Å². The van der Waals surface area contributed by atoms with Gasteiger partial charge in [0.2, 0.25) is 0 Å². The first kappa shape index (κ1) is 18.5. The predicted molar refractivity (Wildman–Crippen MR) is 62.0 cm³/mol. The van der Waals surface area contributed by atoms with E-state index in [2.05, 4.69) is 0 Å². The monoisotopic (exact) mass is 308 g/mol. The second kappa shape index (κ2) is 7.91. The standard InChI is InChI=1S/C10H10O5.H3O4P/c11-1-6-7(2-12)9(4-14)10(5-15)8(6)3-13;1-5(2,3)4/h1-10H;(H3,1,2,3,4). The molecule has 3 N–H and O–H groups in total. The lowest BCUT2D eigenvalue weighted by Crippen LogP contribution is -2.21. The van der Waals surface area contributed by atoms with E-state index in [9.17, 15) is 24.0 Å². The fourth-order valence-electron chi connectivity index (χ4n) is 2.19. The van der Waals surface area contributed by atoms with Crippen molar-refractivity contribution in [2.24, 2.45) is 29.6 Å². The smallest absolute Gasteiger partial charge is 0.303 e. The minimum absolute atomic E-state index is 0.470. The van der Waals surface area contributed by atoms with Gasteiger partial charge in [-0.15, -0.1) is 0 Å². The van der Waals surface area contributed by atoms with Crippen LogP contribution in [0.4, 0.5) is 0 Å². The molecule has 0 aliphatic heterocycles. The third kappa shape index (κ3) is 4.86. The molecular formula is C10H13O9P. The van der Waals surface area contributed by atoms with Crippen molar-refractivity contribution in [2.75, 3.05) is 0 Å². The molecule has 0 bridgehead atoms. The lowest BCUT2D eigenvalue weighted by molar-refractivity contribution is -0.124. The first-order valence-corrected chi connectivity index (χ1v) is 6.86. The zero-order valence-electron chi connectivity index (χ0n) is 10.0. The molecule has 0 aromatic carbocycles. The zero-order chi connectivity index (χ0) is 15.9. The van der Waals surface area contributed by atoms with Crippen LogP contribution in [0.1, 0.15) is 0 Å². The Kier molecular flexibility index (Phi) is 7.30. The summed E-state index contributed by atoms with van der Waals surface area (Å²) in [5.74, 6) is -4.28. The fourth-order valence-corrected chi connectivity index (χ4v) is 2.19. The van der Waals surface area contributed by atoms with Crippen molar-refractivity contribution in [3.05, 3.63) is 0 Å². The molecule has 0 unspecified atom stereocenters. The molecule has 10 heteroatoms. The summed E-state index contributed by atoms with van der Waals surface area (Å²) in [4.78, 5) is 75.2. The van der Waals surface area contributed by atoms with Crippen molar-refractivity contribution >= 4 is 39.3 Å². The van der Waals surface area contributed by atoms with Gasteiger partial charge in [-0.25, -0.2) is 4.57 Å². The highest BCUT2D eigenvalue weighted by molar-refractivity contribution is 7.45. The van der Waals surface area contributed by atoms with Gasteiger partial charge in [-0.3, -0.25) is 0 Å². The molecule has 0 radical (unpaired) electrons. The Bertz CT molecular complexity index is 341. The van der Waals surface area contributed by atoms with Crippen LogP contribution in [0.2, 0.25) is 0 Å². The molecule has 112 valence electrons. The molecule has 0 spiro atoms. The highest BCUT2D eigenvalue weighted by Gasteiger charge is 2.50. The molecular weight excluding hydrogens is 295 g/mol. The number of hydrogen-bond donors (Lipinski definition) is 3. The van der Waals surface area contributed by atoms with E-state index < -0.39 is 37.4 Å². The van der Waals surface area contributed by atoms with Crippen LogP contribution in [0.3, 0.4) is 0 Å². The average Bonchev–Trinajstić information content (AvgIpc) is 2.67. The quantitative estimate of drug-likeness (QED) is 0.390. The van der Waals surface area contributed by atoms with E-state index in [1.54, 1.807) is 0 Å². The van der Waals surface area contributed by atoms with Gasteiger partial charge in [-0.1, -0.05) is 0 Å². The summed E-state index contributed by atoms with van der Waals surface area (Å²) in [5, 5.41) is 0. The van der Waals surface area contributed by atoms with E-state index in [0.717, 1.165) is 0 Å². The van der Waals surface area contributed by atoms with Gasteiger partial charge < -0.3 is 38.7 Å². The van der Waals surface area contributed by atoms with Gasteiger partial charge in [0.1, 0.15) is 31.4 Å². The van der Waals surface area contributed by atoms with Crippen LogP contribution < -0.4 is 0 Å². The van der Waals surface area contributed by atoms with Gasteiger partial charge >= 0.3 is 7.82 Å². The normalized spacial score (nSPS) is 32.5. The molecule has 1 fully saturated rings. The van der Waals surface area contributed by atoms with Crippen LogP contribution in [0.15, 0.2) is 0 Å². The van der Waals surface area contributed by atoms with Crippen LogP contribution >= 0.6 is 7.82 Å². The number of carbonyl (C=O) groups excluding carboxylic acids is 5. The summed E-state index contributed by atoms with van der Waals surface area (Å²) in [6, 6.07) is 0. The lowest BCUT2D eigenvalue weighted by atomic mass is 9.90. The molecule has 0 aromatic rings. The summed E-state index contributed by atoms with van der Waals surface area (Å²) in [6.45, 7) is 0. The Hall–Kier alpha value is -1.54. The first-order valence-electron chi connectivity index (χ1n) is 5.29. The van der Waals surface area contributed by atoms with Gasteiger partial charge in [-0.2, -0.15) is 0 Å². The van der Waals surface area contributed by atoms with E-state index in [4.69, 9.17) is 19.2 Å². The maximum atomic E-state index is 10.7. The minimum Gasteiger partial charge on any atom is -0.303 e. The molecule has 1 saturated carbocycles. The maximum Gasteiger partial charge on any atom is 0.466 e. The van der Waals surface area contributed by atoms with E-state index in [-0.39, 0.29) is 0 Å². The second-order valence-corrected chi connectivity index (χ2v) is 5.11. The number of carbonyl (C=O) groups is 5. The molecule has 1 rings (SSSR count). The molecule has 0 atom stereocenters. The van der Waals surface area contributed by atoms with Gasteiger partial charge in [0.25, 0.3) is 0 Å². The molecule has 0 aromatic heterocycles. The summed E-state index contributed by atoms with van der Waals surface area (Å²) in [7, 11) is -4.64. The van der Waals surface area contributed by atoms with E-state index >= 15 is 0 Å².